The predicted octanol–water partition coefficient (Wildman–Crippen LogP) is 13.6. The molecule has 0 aliphatic carbocycles. The number of rotatable bonds is 5. The van der Waals surface area contributed by atoms with Gasteiger partial charge in [-0.15, -0.1) is 0 Å². The van der Waals surface area contributed by atoms with Gasteiger partial charge in [-0.25, -0.2) is 0 Å². The van der Waals surface area contributed by atoms with Crippen LogP contribution in [0.3, 0.4) is 0 Å². The molecule has 1 heterocycles. The lowest BCUT2D eigenvalue weighted by Crippen LogP contribution is -1.92. The molecule has 0 atom stereocenters. The van der Waals surface area contributed by atoms with Gasteiger partial charge < -0.3 is 4.42 Å². The zero-order chi connectivity index (χ0) is 32.2. The first-order valence-corrected chi connectivity index (χ1v) is 16.5. The number of allylic oxidation sites excluding steroid dienone is 2. The van der Waals surface area contributed by atoms with E-state index in [1.807, 2.05) is 6.08 Å². The van der Waals surface area contributed by atoms with E-state index in [0.717, 1.165) is 27.5 Å². The summed E-state index contributed by atoms with van der Waals surface area (Å²) in [5.41, 5.74) is 11.5. The summed E-state index contributed by atoms with van der Waals surface area (Å²) in [6.07, 6.45) is 5.85. The molecule has 1 aromatic heterocycles. The van der Waals surface area contributed by atoms with Crippen LogP contribution in [-0.2, 0) is 0 Å². The van der Waals surface area contributed by atoms with Crippen molar-refractivity contribution in [3.05, 3.63) is 175 Å². The van der Waals surface area contributed by atoms with Crippen LogP contribution in [0.15, 0.2) is 169 Å². The van der Waals surface area contributed by atoms with Gasteiger partial charge in [0.05, 0.1) is 0 Å². The van der Waals surface area contributed by atoms with Gasteiger partial charge in [0.1, 0.15) is 11.2 Å². The van der Waals surface area contributed by atoms with Crippen molar-refractivity contribution in [1.82, 2.24) is 0 Å². The molecule has 0 saturated carbocycles. The van der Waals surface area contributed by atoms with Crippen LogP contribution in [0.2, 0.25) is 0 Å². The molecular weight excluding hydrogens is 581 g/mol. The number of aryl methyl sites for hydroxylation is 1. The summed E-state index contributed by atoms with van der Waals surface area (Å²) >= 11 is 0. The van der Waals surface area contributed by atoms with E-state index >= 15 is 0 Å². The van der Waals surface area contributed by atoms with Crippen molar-refractivity contribution in [3.8, 4) is 33.4 Å². The van der Waals surface area contributed by atoms with E-state index in [1.54, 1.807) is 6.08 Å². The van der Waals surface area contributed by atoms with Gasteiger partial charge in [0, 0.05) is 10.8 Å². The van der Waals surface area contributed by atoms with E-state index in [4.69, 9.17) is 4.42 Å². The topological polar surface area (TPSA) is 13.1 Å². The zero-order valence-corrected chi connectivity index (χ0v) is 26.7. The molecule has 0 aliphatic rings. The smallest absolute Gasteiger partial charge is 0.136 e. The van der Waals surface area contributed by atoms with E-state index < -0.39 is 0 Å². The van der Waals surface area contributed by atoms with Crippen molar-refractivity contribution in [2.24, 2.45) is 0 Å². The Kier molecular flexibility index (Phi) is 6.59. The van der Waals surface area contributed by atoms with Crippen molar-refractivity contribution in [2.45, 2.75) is 6.92 Å². The Balaban J connectivity index is 1.32. The second-order valence-corrected chi connectivity index (χ2v) is 12.6. The number of furan rings is 1. The number of benzene rings is 8. The van der Waals surface area contributed by atoms with E-state index in [-0.39, 0.29) is 0 Å². The lowest BCUT2D eigenvalue weighted by atomic mass is 9.84. The minimum Gasteiger partial charge on any atom is -0.456 e. The third-order valence-electron chi connectivity index (χ3n) is 9.73. The van der Waals surface area contributed by atoms with Gasteiger partial charge in [-0.3, -0.25) is 0 Å². The van der Waals surface area contributed by atoms with E-state index in [2.05, 4.69) is 165 Å². The van der Waals surface area contributed by atoms with Crippen molar-refractivity contribution >= 4 is 60.3 Å². The average Bonchev–Trinajstić information content (AvgIpc) is 3.49. The molecule has 9 aromatic rings. The second-order valence-electron chi connectivity index (χ2n) is 12.6. The molecule has 0 N–H and O–H groups in total. The summed E-state index contributed by atoms with van der Waals surface area (Å²) in [7, 11) is 0. The Bertz CT molecular complexity index is 2680. The molecule has 1 nitrogen and oxygen atoms in total. The molecule has 0 unspecified atom stereocenters. The van der Waals surface area contributed by atoms with Crippen LogP contribution in [0.4, 0.5) is 0 Å². The van der Waals surface area contributed by atoms with Crippen LogP contribution in [-0.4, -0.2) is 0 Å². The summed E-state index contributed by atoms with van der Waals surface area (Å²) in [4.78, 5) is 0. The first-order valence-electron chi connectivity index (χ1n) is 16.5. The van der Waals surface area contributed by atoms with Gasteiger partial charge in [-0.05, 0) is 120 Å². The Hall–Kier alpha value is -6.18. The predicted molar refractivity (Wildman–Crippen MR) is 207 cm³/mol. The van der Waals surface area contributed by atoms with Crippen LogP contribution < -0.4 is 0 Å². The molecule has 0 spiro atoms. The molecule has 0 saturated heterocycles. The van der Waals surface area contributed by atoms with Gasteiger partial charge in [0.15, 0.2) is 0 Å². The highest BCUT2D eigenvalue weighted by molar-refractivity contribution is 6.24. The molecule has 0 bridgehead atoms. The molecule has 0 fully saturated rings. The first kappa shape index (κ1) is 28.1. The standard InChI is InChI=1S/C47H32O/c1-3-4-14-32-29-45-41(25-30(32)2)42-27-33(23-24-44(42)48-45)35-26-34-17-8-9-18-36(34)43(28-35)47-39-21-12-10-19-37(39)46(31-15-6-5-7-16-31)38-20-11-13-22-40(38)47/h3-29H,1H2,2H3/b14-4-. The van der Waals surface area contributed by atoms with Crippen LogP contribution in [0.5, 0.6) is 0 Å². The molecular formula is C47H32O. The Labute approximate surface area is 279 Å². The Morgan fingerprint density at radius 2 is 1.10 bits per heavy atom. The SMILES string of the molecule is C=C/C=C\c1cc2oc3ccc(-c4cc(-c5c6ccccc6c(-c6ccccc6)c6ccccc56)c5ccccc5c4)cc3c2cc1C. The van der Waals surface area contributed by atoms with Gasteiger partial charge in [0.25, 0.3) is 0 Å². The van der Waals surface area contributed by atoms with Crippen molar-refractivity contribution in [2.75, 3.05) is 0 Å². The summed E-state index contributed by atoms with van der Waals surface area (Å²) < 4.78 is 6.37. The molecule has 0 amide bonds. The Morgan fingerprint density at radius 3 is 1.81 bits per heavy atom. The normalized spacial score (nSPS) is 11.9. The molecule has 226 valence electrons. The third-order valence-corrected chi connectivity index (χ3v) is 9.73. The first-order chi connectivity index (χ1) is 23.7. The molecule has 9 rings (SSSR count). The van der Waals surface area contributed by atoms with Crippen molar-refractivity contribution < 1.29 is 4.42 Å². The minimum atomic E-state index is 0.895. The molecule has 48 heavy (non-hydrogen) atoms. The maximum atomic E-state index is 6.37. The van der Waals surface area contributed by atoms with Crippen LogP contribution in [0, 0.1) is 6.92 Å². The van der Waals surface area contributed by atoms with Crippen molar-refractivity contribution in [1.29, 1.82) is 0 Å². The summed E-state index contributed by atoms with van der Waals surface area (Å²) in [6, 6.07) is 53.1. The van der Waals surface area contributed by atoms with E-state index in [0.29, 0.717) is 0 Å². The van der Waals surface area contributed by atoms with Gasteiger partial charge in [-0.1, -0.05) is 134 Å². The summed E-state index contributed by atoms with van der Waals surface area (Å²) in [6.45, 7) is 5.97. The quantitative estimate of drug-likeness (QED) is 0.139. The summed E-state index contributed by atoms with van der Waals surface area (Å²) in [5, 5.41) is 9.76. The van der Waals surface area contributed by atoms with Gasteiger partial charge in [0.2, 0.25) is 0 Å². The van der Waals surface area contributed by atoms with Crippen molar-refractivity contribution in [3.63, 3.8) is 0 Å². The second kappa shape index (κ2) is 11.3. The highest BCUT2D eigenvalue weighted by Crippen LogP contribution is 2.46. The van der Waals surface area contributed by atoms with Gasteiger partial charge >= 0.3 is 0 Å². The number of hydrogen-bond donors (Lipinski definition) is 0. The third kappa shape index (κ3) is 4.47. The zero-order valence-electron chi connectivity index (χ0n) is 26.7. The number of hydrogen-bond acceptors (Lipinski definition) is 1. The van der Waals surface area contributed by atoms with Crippen LogP contribution in [0.1, 0.15) is 11.1 Å². The largest absolute Gasteiger partial charge is 0.456 e. The maximum absolute atomic E-state index is 6.37. The monoisotopic (exact) mass is 612 g/mol. The molecule has 1 heteroatoms. The van der Waals surface area contributed by atoms with E-state index in [9.17, 15) is 0 Å². The van der Waals surface area contributed by atoms with Crippen LogP contribution in [0.25, 0.3) is 93.7 Å². The highest BCUT2D eigenvalue weighted by atomic mass is 16.3. The summed E-state index contributed by atoms with van der Waals surface area (Å²) in [5.74, 6) is 0. The van der Waals surface area contributed by atoms with Gasteiger partial charge in [-0.2, -0.15) is 0 Å². The Morgan fingerprint density at radius 1 is 0.479 bits per heavy atom. The fourth-order valence-corrected chi connectivity index (χ4v) is 7.50. The average molecular weight is 613 g/mol. The molecule has 0 radical (unpaired) electrons. The minimum absolute atomic E-state index is 0.895. The molecule has 0 aliphatic heterocycles. The lowest BCUT2D eigenvalue weighted by Gasteiger charge is -2.19. The molecule has 8 aromatic carbocycles. The van der Waals surface area contributed by atoms with E-state index in [1.165, 1.54) is 71.3 Å². The van der Waals surface area contributed by atoms with Crippen LogP contribution >= 0.6 is 0 Å². The number of fused-ring (bicyclic) bond motifs is 6. The lowest BCUT2D eigenvalue weighted by molar-refractivity contribution is 0.669. The maximum Gasteiger partial charge on any atom is 0.136 e. The highest BCUT2D eigenvalue weighted by Gasteiger charge is 2.19. The fourth-order valence-electron chi connectivity index (χ4n) is 7.50. The fraction of sp³-hybridized carbons (Fsp3) is 0.0213.